The monoisotopic (exact) mass is 447 g/mol. The second-order valence-electron chi connectivity index (χ2n) is 7.20. The number of aliphatic carboxylic acids is 1. The molecule has 0 heterocycles. The molecule has 9 heteroatoms. The highest BCUT2D eigenvalue weighted by molar-refractivity contribution is 7.94. The molecule has 2 unspecified atom stereocenters. The zero-order chi connectivity index (χ0) is 21.7. The van der Waals surface area contributed by atoms with Crippen LogP contribution in [-0.2, 0) is 30.5 Å². The van der Waals surface area contributed by atoms with Crippen molar-refractivity contribution in [3.8, 4) is 0 Å². The number of benzene rings is 1. The summed E-state index contributed by atoms with van der Waals surface area (Å²) in [5, 5.41) is 12.2. The Morgan fingerprint density at radius 3 is 2.66 bits per heavy atom. The first-order chi connectivity index (χ1) is 13.8. The zero-order valence-corrected chi connectivity index (χ0v) is 19.1. The van der Waals surface area contributed by atoms with Gasteiger partial charge < -0.3 is 15.0 Å². The number of hydrogen-bond acceptors (Lipinski definition) is 6. The molecular formula is C20H33NO6S2. The Morgan fingerprint density at radius 2 is 2.03 bits per heavy atom. The van der Waals surface area contributed by atoms with Gasteiger partial charge in [-0.05, 0) is 54.9 Å². The van der Waals surface area contributed by atoms with Crippen molar-refractivity contribution in [3.63, 3.8) is 0 Å². The second-order valence-corrected chi connectivity index (χ2v) is 9.03. The van der Waals surface area contributed by atoms with Gasteiger partial charge in [0.25, 0.3) is 0 Å². The third kappa shape index (κ3) is 9.95. The normalized spacial score (nSPS) is 14.3. The van der Waals surface area contributed by atoms with E-state index in [2.05, 4.69) is 30.1 Å². The summed E-state index contributed by atoms with van der Waals surface area (Å²) in [7, 11) is 1.46. The van der Waals surface area contributed by atoms with Gasteiger partial charge in [0, 0.05) is 23.5 Å². The van der Waals surface area contributed by atoms with E-state index in [9.17, 15) is 9.00 Å². The zero-order valence-electron chi connectivity index (χ0n) is 17.4. The van der Waals surface area contributed by atoms with E-state index in [0.717, 1.165) is 53.9 Å². The minimum atomic E-state index is -1.78. The van der Waals surface area contributed by atoms with Gasteiger partial charge in [-0.25, -0.2) is 9.10 Å². The van der Waals surface area contributed by atoms with Crippen LogP contribution >= 0.6 is 12.0 Å². The maximum Gasteiger partial charge on any atom is 0.303 e. The van der Waals surface area contributed by atoms with E-state index in [4.69, 9.17) is 14.0 Å². The van der Waals surface area contributed by atoms with Crippen LogP contribution < -0.4 is 5.32 Å². The summed E-state index contributed by atoms with van der Waals surface area (Å²) >= 11 is -0.632. The molecule has 0 saturated heterocycles. The van der Waals surface area contributed by atoms with E-state index in [1.54, 1.807) is 0 Å². The molecular weight excluding hydrogens is 414 g/mol. The maximum absolute atomic E-state index is 10.9. The maximum atomic E-state index is 10.9. The van der Waals surface area contributed by atoms with Crippen molar-refractivity contribution in [1.82, 2.24) is 0 Å². The van der Waals surface area contributed by atoms with Gasteiger partial charge in [0.15, 0.2) is 11.1 Å². The lowest BCUT2D eigenvalue weighted by atomic mass is 9.75. The van der Waals surface area contributed by atoms with Crippen molar-refractivity contribution in [3.05, 3.63) is 23.8 Å². The molecule has 2 atom stereocenters. The first-order valence-corrected chi connectivity index (χ1v) is 11.9. The van der Waals surface area contributed by atoms with Crippen molar-refractivity contribution in [2.24, 2.45) is 0 Å². The molecule has 1 aromatic carbocycles. The largest absolute Gasteiger partial charge is 0.481 e. The fraction of sp³-hybridized carbons (Fsp3) is 0.650. The molecule has 0 radical (unpaired) electrons. The van der Waals surface area contributed by atoms with E-state index >= 15 is 0 Å². The fourth-order valence-corrected chi connectivity index (χ4v) is 4.02. The Morgan fingerprint density at radius 1 is 1.28 bits per heavy atom. The van der Waals surface area contributed by atoms with Crippen LogP contribution in [-0.4, -0.2) is 39.2 Å². The Bertz CT molecular complexity index is 658. The number of rotatable bonds is 16. The van der Waals surface area contributed by atoms with Crippen molar-refractivity contribution in [2.45, 2.75) is 69.1 Å². The van der Waals surface area contributed by atoms with E-state index in [0.29, 0.717) is 19.4 Å². The molecule has 0 aliphatic heterocycles. The van der Waals surface area contributed by atoms with Crippen LogP contribution in [0.2, 0.25) is 0 Å². The third-order valence-electron chi connectivity index (χ3n) is 5.05. The highest BCUT2D eigenvalue weighted by atomic mass is 32.2. The minimum absolute atomic E-state index is 0.0883. The SMILES string of the molecule is CCC(C)(CCCCCC(=O)O)c1cc(SOOC)ccc1NCCCS(=O)O. The van der Waals surface area contributed by atoms with Crippen molar-refractivity contribution >= 4 is 34.8 Å². The van der Waals surface area contributed by atoms with Crippen LogP contribution in [0.25, 0.3) is 0 Å². The van der Waals surface area contributed by atoms with Gasteiger partial charge in [-0.3, -0.25) is 4.79 Å². The fourth-order valence-electron chi connectivity index (χ4n) is 3.19. The van der Waals surface area contributed by atoms with Crippen molar-refractivity contribution in [2.75, 3.05) is 24.7 Å². The number of nitrogens with one attached hydrogen (secondary N) is 1. The summed E-state index contributed by atoms with van der Waals surface area (Å²) in [4.78, 5) is 16.3. The van der Waals surface area contributed by atoms with Crippen molar-refractivity contribution in [1.29, 1.82) is 0 Å². The predicted molar refractivity (Wildman–Crippen MR) is 118 cm³/mol. The van der Waals surface area contributed by atoms with Gasteiger partial charge in [0.05, 0.1) is 24.9 Å². The summed E-state index contributed by atoms with van der Waals surface area (Å²) in [6.45, 7) is 4.99. The van der Waals surface area contributed by atoms with Gasteiger partial charge >= 0.3 is 5.97 Å². The highest BCUT2D eigenvalue weighted by Crippen LogP contribution is 2.40. The minimum Gasteiger partial charge on any atom is -0.481 e. The van der Waals surface area contributed by atoms with Gasteiger partial charge in [-0.2, -0.15) is 4.33 Å². The first kappa shape index (κ1) is 25.9. The van der Waals surface area contributed by atoms with Crippen LogP contribution in [0.5, 0.6) is 0 Å². The third-order valence-corrected chi connectivity index (χ3v) is 6.34. The quantitative estimate of drug-likeness (QED) is 0.107. The second kappa shape index (κ2) is 14.0. The number of carboxylic acids is 1. The topological polar surface area (TPSA) is 105 Å². The van der Waals surface area contributed by atoms with E-state index in [-0.39, 0.29) is 17.6 Å². The Labute approximate surface area is 180 Å². The summed E-state index contributed by atoms with van der Waals surface area (Å²) in [5.74, 6) is -0.506. The van der Waals surface area contributed by atoms with Crippen LogP contribution in [0, 0.1) is 0 Å². The lowest BCUT2D eigenvalue weighted by Crippen LogP contribution is -2.23. The molecule has 29 heavy (non-hydrogen) atoms. The number of carboxylic acid groups (broad SMARTS) is 1. The smallest absolute Gasteiger partial charge is 0.303 e. The molecule has 0 bridgehead atoms. The molecule has 0 saturated carbocycles. The lowest BCUT2D eigenvalue weighted by molar-refractivity contribution is -0.160. The molecule has 0 aliphatic carbocycles. The molecule has 0 fully saturated rings. The Hall–Kier alpha value is -1.13. The standard InChI is InChI=1S/C20H33NO6S2/c1-4-20(2,12-7-5-6-9-19(22)23)17-15-16(28-27-26-3)10-11-18(17)21-13-8-14-29(24)25/h10-11,15,21H,4-9,12-14H2,1-3H3,(H,22,23)(H,24,25). The Kier molecular flexibility index (Phi) is 12.5. The predicted octanol–water partition coefficient (Wildman–Crippen LogP) is 5.00. The molecule has 0 amide bonds. The summed E-state index contributed by atoms with van der Waals surface area (Å²) in [6, 6.07) is 6.05. The molecule has 0 spiro atoms. The van der Waals surface area contributed by atoms with Gasteiger partial charge in [0.1, 0.15) is 0 Å². The van der Waals surface area contributed by atoms with Gasteiger partial charge in [-0.1, -0.05) is 26.7 Å². The number of hydrogen-bond donors (Lipinski definition) is 3. The number of carbonyl (C=O) groups is 1. The molecule has 1 aromatic rings. The summed E-state index contributed by atoms with van der Waals surface area (Å²) in [5.41, 5.74) is 2.08. The van der Waals surface area contributed by atoms with Crippen molar-refractivity contribution < 1.29 is 27.9 Å². The molecule has 7 nitrogen and oxygen atoms in total. The molecule has 1 rings (SSSR count). The lowest BCUT2D eigenvalue weighted by Gasteiger charge is -2.32. The summed E-state index contributed by atoms with van der Waals surface area (Å²) < 4.78 is 24.8. The van der Waals surface area contributed by atoms with E-state index < -0.39 is 17.0 Å². The van der Waals surface area contributed by atoms with Gasteiger partial charge in [-0.15, -0.1) is 0 Å². The van der Waals surface area contributed by atoms with Crippen LogP contribution in [0.15, 0.2) is 23.1 Å². The van der Waals surface area contributed by atoms with E-state index in [1.165, 1.54) is 7.11 Å². The van der Waals surface area contributed by atoms with Crippen LogP contribution in [0.1, 0.15) is 64.4 Å². The van der Waals surface area contributed by atoms with Gasteiger partial charge in [0.2, 0.25) is 0 Å². The average molecular weight is 448 g/mol. The number of unbranched alkanes of at least 4 members (excludes halogenated alkanes) is 2. The average Bonchev–Trinajstić information content (AvgIpc) is 2.69. The molecule has 3 N–H and O–H groups in total. The molecule has 0 aliphatic rings. The summed E-state index contributed by atoms with van der Waals surface area (Å²) in [6.07, 6.45) is 5.21. The van der Waals surface area contributed by atoms with E-state index in [1.807, 2.05) is 12.1 Å². The molecule has 166 valence electrons. The molecule has 0 aromatic heterocycles. The first-order valence-electron chi connectivity index (χ1n) is 9.87. The van der Waals surface area contributed by atoms with Crippen LogP contribution in [0.3, 0.4) is 0 Å². The Balaban J connectivity index is 2.92. The highest BCUT2D eigenvalue weighted by Gasteiger charge is 2.27. The van der Waals surface area contributed by atoms with Crippen LogP contribution in [0.4, 0.5) is 5.69 Å². The number of anilines is 1.